The van der Waals surface area contributed by atoms with E-state index in [1.54, 1.807) is 11.3 Å². The summed E-state index contributed by atoms with van der Waals surface area (Å²) in [4.78, 5) is 8.37. The van der Waals surface area contributed by atoms with Crippen LogP contribution in [0.3, 0.4) is 0 Å². The van der Waals surface area contributed by atoms with Gasteiger partial charge in [0.15, 0.2) is 5.96 Å². The van der Waals surface area contributed by atoms with E-state index in [0.29, 0.717) is 0 Å². The predicted octanol–water partition coefficient (Wildman–Crippen LogP) is 2.86. The summed E-state index contributed by atoms with van der Waals surface area (Å²) in [6.45, 7) is 8.99. The van der Waals surface area contributed by atoms with Crippen LogP contribution in [0.5, 0.6) is 0 Å². The second-order valence-electron chi connectivity index (χ2n) is 6.41. The zero-order chi connectivity index (χ0) is 16.9. The molecule has 2 heterocycles. The molecule has 0 unspecified atom stereocenters. The molecule has 2 rings (SSSR count). The number of rotatable bonds is 6. The van der Waals surface area contributed by atoms with Crippen LogP contribution in [-0.4, -0.2) is 40.8 Å². The van der Waals surface area contributed by atoms with E-state index in [1.807, 2.05) is 24.1 Å². The van der Waals surface area contributed by atoms with Gasteiger partial charge in [0.1, 0.15) is 0 Å². The molecule has 0 aliphatic heterocycles. The number of aromatic nitrogens is 2. The molecule has 0 spiro atoms. The van der Waals surface area contributed by atoms with Crippen LogP contribution in [0.4, 0.5) is 0 Å². The van der Waals surface area contributed by atoms with E-state index in [0.717, 1.165) is 25.6 Å². The summed E-state index contributed by atoms with van der Waals surface area (Å²) in [6, 6.07) is 4.29. The SMILES string of the molecule is CCNC(=NCC(C)(C)c1cccs1)N(C)Cc1cnn(C)c1. The van der Waals surface area contributed by atoms with Crippen molar-refractivity contribution in [3.8, 4) is 0 Å². The maximum atomic E-state index is 4.85. The molecule has 0 aliphatic carbocycles. The zero-order valence-electron chi connectivity index (χ0n) is 14.7. The molecule has 0 saturated heterocycles. The smallest absolute Gasteiger partial charge is 0.193 e. The third kappa shape index (κ3) is 4.82. The fraction of sp³-hybridized carbons (Fsp3) is 0.529. The van der Waals surface area contributed by atoms with Gasteiger partial charge in [-0.05, 0) is 18.4 Å². The monoisotopic (exact) mass is 333 g/mol. The topological polar surface area (TPSA) is 45.5 Å². The van der Waals surface area contributed by atoms with E-state index in [9.17, 15) is 0 Å². The number of aryl methyl sites for hydroxylation is 1. The van der Waals surface area contributed by atoms with E-state index in [4.69, 9.17) is 4.99 Å². The lowest BCUT2D eigenvalue weighted by atomic mass is 9.92. The van der Waals surface area contributed by atoms with Crippen LogP contribution in [-0.2, 0) is 19.0 Å². The second kappa shape index (κ2) is 7.64. The first-order chi connectivity index (χ1) is 10.9. The molecule has 5 nitrogen and oxygen atoms in total. The fourth-order valence-corrected chi connectivity index (χ4v) is 3.23. The number of hydrogen-bond donors (Lipinski definition) is 1. The average molecular weight is 334 g/mol. The van der Waals surface area contributed by atoms with Gasteiger partial charge in [-0.1, -0.05) is 19.9 Å². The van der Waals surface area contributed by atoms with E-state index < -0.39 is 0 Å². The fourth-order valence-electron chi connectivity index (χ4n) is 2.39. The molecule has 0 fully saturated rings. The number of guanidine groups is 1. The lowest BCUT2D eigenvalue weighted by Gasteiger charge is -2.25. The molecule has 23 heavy (non-hydrogen) atoms. The van der Waals surface area contributed by atoms with Crippen LogP contribution < -0.4 is 5.32 Å². The molecule has 0 radical (unpaired) electrons. The van der Waals surface area contributed by atoms with Gasteiger partial charge in [0, 0.05) is 49.2 Å². The molecule has 1 N–H and O–H groups in total. The summed E-state index contributed by atoms with van der Waals surface area (Å²) < 4.78 is 1.83. The first-order valence-corrected chi connectivity index (χ1v) is 8.81. The Labute approximate surface area is 143 Å². The van der Waals surface area contributed by atoms with E-state index in [1.165, 1.54) is 10.4 Å². The standard InChI is InChI=1S/C17H27N5S/c1-6-18-16(21(4)11-14-10-20-22(5)12-14)19-13-17(2,3)15-8-7-9-23-15/h7-10,12H,6,11,13H2,1-5H3,(H,18,19). The Balaban J connectivity index is 2.07. The normalized spacial score (nSPS) is 12.5. The summed E-state index contributed by atoms with van der Waals surface area (Å²) in [5, 5.41) is 9.73. The number of aliphatic imine (C=N–C) groups is 1. The van der Waals surface area contributed by atoms with E-state index in [2.05, 4.69) is 60.6 Å². The third-order valence-electron chi connectivity index (χ3n) is 3.69. The lowest BCUT2D eigenvalue weighted by molar-refractivity contribution is 0.468. The summed E-state index contributed by atoms with van der Waals surface area (Å²) in [5.41, 5.74) is 1.22. The van der Waals surface area contributed by atoms with Crippen LogP contribution in [0.15, 0.2) is 34.9 Å². The highest BCUT2D eigenvalue weighted by Crippen LogP contribution is 2.27. The molecule has 0 aromatic carbocycles. The Bertz CT molecular complexity index is 627. The van der Waals surface area contributed by atoms with Crippen LogP contribution in [0.1, 0.15) is 31.2 Å². The molecule has 2 aromatic heterocycles. The molecule has 126 valence electrons. The van der Waals surface area contributed by atoms with Crippen LogP contribution in [0.2, 0.25) is 0 Å². The zero-order valence-corrected chi connectivity index (χ0v) is 15.5. The molecule has 2 aromatic rings. The average Bonchev–Trinajstić information content (AvgIpc) is 3.15. The van der Waals surface area contributed by atoms with Crippen LogP contribution in [0, 0.1) is 0 Å². The summed E-state index contributed by atoms with van der Waals surface area (Å²) in [6.07, 6.45) is 3.94. The number of nitrogens with one attached hydrogen (secondary N) is 1. The maximum absolute atomic E-state index is 4.85. The van der Waals surface area contributed by atoms with Crippen LogP contribution >= 0.6 is 11.3 Å². The molecule has 0 aliphatic rings. The largest absolute Gasteiger partial charge is 0.357 e. The van der Waals surface area contributed by atoms with Crippen molar-refractivity contribution in [2.75, 3.05) is 20.1 Å². The van der Waals surface area contributed by atoms with Gasteiger partial charge >= 0.3 is 0 Å². The van der Waals surface area contributed by atoms with Crippen molar-refractivity contribution in [2.45, 2.75) is 32.7 Å². The van der Waals surface area contributed by atoms with Crippen molar-refractivity contribution in [2.24, 2.45) is 12.0 Å². The lowest BCUT2D eigenvalue weighted by Crippen LogP contribution is -2.39. The highest BCUT2D eigenvalue weighted by atomic mass is 32.1. The summed E-state index contributed by atoms with van der Waals surface area (Å²) in [7, 11) is 4.00. The molecule has 0 atom stereocenters. The van der Waals surface area contributed by atoms with Crippen molar-refractivity contribution < 1.29 is 0 Å². The molecule has 0 saturated carbocycles. The Kier molecular flexibility index (Phi) is 5.82. The second-order valence-corrected chi connectivity index (χ2v) is 7.36. The Hall–Kier alpha value is -1.82. The Morgan fingerprint density at radius 2 is 2.26 bits per heavy atom. The van der Waals surface area contributed by atoms with Crippen LogP contribution in [0.25, 0.3) is 0 Å². The third-order valence-corrected chi connectivity index (χ3v) is 4.92. The minimum absolute atomic E-state index is 0.0456. The quantitative estimate of drug-likeness (QED) is 0.653. The molecule has 6 heteroatoms. The minimum atomic E-state index is 0.0456. The Morgan fingerprint density at radius 1 is 1.48 bits per heavy atom. The van der Waals surface area contributed by atoms with Gasteiger partial charge in [0.05, 0.1) is 12.7 Å². The maximum Gasteiger partial charge on any atom is 0.193 e. The minimum Gasteiger partial charge on any atom is -0.357 e. The van der Waals surface area contributed by atoms with Crippen molar-refractivity contribution >= 4 is 17.3 Å². The van der Waals surface area contributed by atoms with Gasteiger partial charge in [-0.2, -0.15) is 5.10 Å². The van der Waals surface area contributed by atoms with Gasteiger partial charge in [0.2, 0.25) is 0 Å². The summed E-state index contributed by atoms with van der Waals surface area (Å²) in [5.74, 6) is 0.931. The first-order valence-electron chi connectivity index (χ1n) is 7.93. The molecular formula is C17H27N5S. The number of nitrogens with zero attached hydrogens (tertiary/aromatic N) is 4. The number of hydrogen-bond acceptors (Lipinski definition) is 3. The highest BCUT2D eigenvalue weighted by molar-refractivity contribution is 7.10. The van der Waals surface area contributed by atoms with E-state index >= 15 is 0 Å². The van der Waals surface area contributed by atoms with E-state index in [-0.39, 0.29) is 5.41 Å². The van der Waals surface area contributed by atoms with Gasteiger partial charge in [-0.3, -0.25) is 9.67 Å². The van der Waals surface area contributed by atoms with Crippen molar-refractivity contribution in [3.05, 3.63) is 40.3 Å². The van der Waals surface area contributed by atoms with Gasteiger partial charge in [0.25, 0.3) is 0 Å². The Morgan fingerprint density at radius 3 is 2.83 bits per heavy atom. The number of thiophene rings is 1. The van der Waals surface area contributed by atoms with Gasteiger partial charge < -0.3 is 10.2 Å². The highest BCUT2D eigenvalue weighted by Gasteiger charge is 2.22. The molecular weight excluding hydrogens is 306 g/mol. The van der Waals surface area contributed by atoms with Crippen molar-refractivity contribution in [1.82, 2.24) is 20.0 Å². The first kappa shape index (κ1) is 17.5. The van der Waals surface area contributed by atoms with Gasteiger partial charge in [-0.25, -0.2) is 0 Å². The molecule has 0 amide bonds. The molecule has 0 bridgehead atoms. The van der Waals surface area contributed by atoms with Crippen molar-refractivity contribution in [1.29, 1.82) is 0 Å². The van der Waals surface area contributed by atoms with Crippen molar-refractivity contribution in [3.63, 3.8) is 0 Å². The predicted molar refractivity (Wildman–Crippen MR) is 98.0 cm³/mol. The summed E-state index contributed by atoms with van der Waals surface area (Å²) >= 11 is 1.79. The van der Waals surface area contributed by atoms with Gasteiger partial charge in [-0.15, -0.1) is 11.3 Å².